The van der Waals surface area contributed by atoms with Gasteiger partial charge in [0, 0.05) is 40.6 Å². The molecule has 0 saturated heterocycles. The van der Waals surface area contributed by atoms with E-state index in [0.717, 1.165) is 11.3 Å². The summed E-state index contributed by atoms with van der Waals surface area (Å²) in [5, 5.41) is 17.6. The van der Waals surface area contributed by atoms with E-state index in [-0.39, 0.29) is 6.01 Å². The lowest BCUT2D eigenvalue weighted by Crippen LogP contribution is -2.10. The summed E-state index contributed by atoms with van der Waals surface area (Å²) in [7, 11) is 0. The van der Waals surface area contributed by atoms with Gasteiger partial charge < -0.3 is 31.3 Å². The Morgan fingerprint density at radius 3 is 2.90 bits per heavy atom. The van der Waals surface area contributed by atoms with Crippen molar-refractivity contribution in [3.8, 4) is 11.4 Å². The number of H-pyrrole nitrogens is 1. The van der Waals surface area contributed by atoms with Crippen molar-refractivity contribution in [2.24, 2.45) is 0 Å². The second-order valence-corrected chi connectivity index (χ2v) is 6.43. The van der Waals surface area contributed by atoms with Crippen molar-refractivity contribution in [1.29, 1.82) is 5.41 Å². The molecule has 0 spiro atoms. The molecule has 0 aliphatic rings. The Bertz CT molecular complexity index is 1170. The lowest BCUT2D eigenvalue weighted by atomic mass is 10.2. The van der Waals surface area contributed by atoms with Gasteiger partial charge in [-0.2, -0.15) is 4.98 Å². The minimum absolute atomic E-state index is 0.228. The normalized spacial score (nSPS) is 10.5. The van der Waals surface area contributed by atoms with Gasteiger partial charge in [-0.05, 0) is 30.3 Å². The number of nitrogens with one attached hydrogen (secondary N) is 4. The van der Waals surface area contributed by atoms with Gasteiger partial charge in [0.25, 0.3) is 0 Å². The van der Waals surface area contributed by atoms with Crippen molar-refractivity contribution in [1.82, 2.24) is 20.1 Å². The topological polar surface area (TPSA) is 142 Å². The van der Waals surface area contributed by atoms with Crippen LogP contribution in [0.4, 0.5) is 23.1 Å². The van der Waals surface area contributed by atoms with Gasteiger partial charge in [0.15, 0.2) is 0 Å². The lowest BCUT2D eigenvalue weighted by molar-refractivity contribution is 0.435. The van der Waals surface area contributed by atoms with E-state index >= 15 is 0 Å². The minimum atomic E-state index is 0.228. The molecular weight excluding hydrogens is 388 g/mol. The highest BCUT2D eigenvalue weighted by molar-refractivity contribution is 7.81. The number of nitrogen functional groups attached to an aromatic ring is 1. The van der Waals surface area contributed by atoms with Crippen LogP contribution in [-0.2, 0) is 0 Å². The zero-order valence-corrected chi connectivity index (χ0v) is 15.8. The Hall–Kier alpha value is -4.05. The monoisotopic (exact) mass is 404 g/mol. The fourth-order valence-corrected chi connectivity index (χ4v) is 2.84. The largest absolute Gasteiger partial charge is 0.398 e. The molecule has 0 aliphatic heterocycles. The van der Waals surface area contributed by atoms with Crippen molar-refractivity contribution < 1.29 is 4.52 Å². The summed E-state index contributed by atoms with van der Waals surface area (Å²) < 4.78 is 5.29. The number of imidazole rings is 1. The van der Waals surface area contributed by atoms with E-state index in [1.807, 2.05) is 24.3 Å². The summed E-state index contributed by atoms with van der Waals surface area (Å²) in [6.07, 6.45) is 4.47. The molecule has 0 amide bonds. The molecule has 4 rings (SSSR count). The van der Waals surface area contributed by atoms with Crippen molar-refractivity contribution in [3.05, 3.63) is 66.2 Å². The molecule has 0 unspecified atom stereocenters. The molecule has 0 aliphatic carbocycles. The Kier molecular flexibility index (Phi) is 4.99. The fourth-order valence-electron chi connectivity index (χ4n) is 2.61. The number of nitrogens with zero attached hydrogens (tertiary/aromatic N) is 3. The molecule has 2 heterocycles. The van der Waals surface area contributed by atoms with Crippen LogP contribution in [0.5, 0.6) is 0 Å². The summed E-state index contributed by atoms with van der Waals surface area (Å²) in [5.41, 5.74) is 9.81. The number of benzene rings is 2. The summed E-state index contributed by atoms with van der Waals surface area (Å²) in [6, 6.07) is 12.9. The maximum atomic E-state index is 7.39. The van der Waals surface area contributed by atoms with Crippen LogP contribution in [0.25, 0.3) is 11.4 Å². The first kappa shape index (κ1) is 18.3. The Morgan fingerprint density at radius 2 is 2.10 bits per heavy atom. The van der Waals surface area contributed by atoms with Crippen LogP contribution in [0.2, 0.25) is 0 Å². The number of aromatic amines is 1. The van der Waals surface area contributed by atoms with Crippen molar-refractivity contribution in [2.75, 3.05) is 16.4 Å². The second-order valence-electron chi connectivity index (χ2n) is 6.03. The molecule has 10 heteroatoms. The molecule has 9 nitrogen and oxygen atoms in total. The van der Waals surface area contributed by atoms with Crippen LogP contribution in [0.3, 0.4) is 0 Å². The molecule has 0 atom stereocenters. The van der Waals surface area contributed by atoms with E-state index in [1.165, 1.54) is 6.21 Å². The van der Waals surface area contributed by atoms with Gasteiger partial charge >= 0.3 is 6.01 Å². The minimum Gasteiger partial charge on any atom is -0.398 e. The second kappa shape index (κ2) is 7.90. The third-order valence-corrected chi connectivity index (χ3v) is 4.34. The van der Waals surface area contributed by atoms with Gasteiger partial charge in [0.1, 0.15) is 10.7 Å². The van der Waals surface area contributed by atoms with E-state index in [9.17, 15) is 0 Å². The first-order chi connectivity index (χ1) is 14.1. The van der Waals surface area contributed by atoms with Gasteiger partial charge in [0.2, 0.25) is 5.82 Å². The zero-order valence-electron chi connectivity index (χ0n) is 15.0. The van der Waals surface area contributed by atoms with Gasteiger partial charge in [-0.1, -0.05) is 29.5 Å². The van der Waals surface area contributed by atoms with E-state index in [0.29, 0.717) is 33.4 Å². The number of thiocarbonyl (C=S) groups is 1. The summed E-state index contributed by atoms with van der Waals surface area (Å²) in [4.78, 5) is 11.9. The summed E-state index contributed by atoms with van der Waals surface area (Å²) >= 11 is 5.34. The molecule has 0 radical (unpaired) electrons. The van der Waals surface area contributed by atoms with E-state index < -0.39 is 0 Å². The summed E-state index contributed by atoms with van der Waals surface area (Å²) in [6.45, 7) is 0. The highest BCUT2D eigenvalue weighted by atomic mass is 32.1. The third-order valence-electron chi connectivity index (χ3n) is 4.03. The van der Waals surface area contributed by atoms with E-state index in [2.05, 4.69) is 30.7 Å². The number of aromatic nitrogens is 4. The highest BCUT2D eigenvalue weighted by Crippen LogP contribution is 2.24. The molecule has 0 fully saturated rings. The third kappa shape index (κ3) is 4.12. The maximum absolute atomic E-state index is 7.39. The van der Waals surface area contributed by atoms with Crippen molar-refractivity contribution >= 4 is 46.5 Å². The number of hydrogen-bond acceptors (Lipinski definition) is 8. The predicted octanol–water partition coefficient (Wildman–Crippen LogP) is 3.57. The van der Waals surface area contributed by atoms with Crippen molar-refractivity contribution in [2.45, 2.75) is 0 Å². The smallest absolute Gasteiger partial charge is 0.326 e. The van der Waals surface area contributed by atoms with Crippen LogP contribution < -0.4 is 16.4 Å². The first-order valence-corrected chi connectivity index (χ1v) is 8.94. The van der Waals surface area contributed by atoms with Gasteiger partial charge in [-0.25, -0.2) is 4.98 Å². The molecule has 0 bridgehead atoms. The van der Waals surface area contributed by atoms with Gasteiger partial charge in [0.05, 0.1) is 6.33 Å². The molecule has 2 aromatic heterocycles. The van der Waals surface area contributed by atoms with Crippen LogP contribution in [0.1, 0.15) is 11.3 Å². The number of anilines is 4. The molecule has 4 aromatic rings. The van der Waals surface area contributed by atoms with Crippen LogP contribution in [0.15, 0.2) is 59.5 Å². The molecule has 6 N–H and O–H groups in total. The van der Waals surface area contributed by atoms with Gasteiger partial charge in [-0.3, -0.25) is 0 Å². The standard InChI is InChI=1S/C19H16N8OS/c20-8-12-7-14(4-5-15(12)21)25-19-26-17(27-28-19)11-2-1-3-13(6-11)24-18(29)16-9-22-10-23-16/h1-10,20H,21H2,(H,22,23)(H,24,29)(H,25,26,27). The number of nitrogens with two attached hydrogens (primary N) is 1. The highest BCUT2D eigenvalue weighted by Gasteiger charge is 2.11. The van der Waals surface area contributed by atoms with E-state index in [1.54, 1.807) is 30.7 Å². The van der Waals surface area contributed by atoms with Crippen LogP contribution in [0, 0.1) is 5.41 Å². The summed E-state index contributed by atoms with van der Waals surface area (Å²) in [5.74, 6) is 0.421. The molecule has 29 heavy (non-hydrogen) atoms. The van der Waals surface area contributed by atoms with Crippen molar-refractivity contribution in [3.63, 3.8) is 0 Å². The Balaban J connectivity index is 1.51. The Morgan fingerprint density at radius 1 is 1.21 bits per heavy atom. The fraction of sp³-hybridized carbons (Fsp3) is 0. The molecular formula is C19H16N8OS. The average molecular weight is 404 g/mol. The van der Waals surface area contributed by atoms with E-state index in [4.69, 9.17) is 27.9 Å². The molecule has 2 aromatic carbocycles. The molecule has 144 valence electrons. The van der Waals surface area contributed by atoms with Crippen LogP contribution in [-0.4, -0.2) is 31.3 Å². The quantitative estimate of drug-likeness (QED) is 0.186. The predicted molar refractivity (Wildman–Crippen MR) is 116 cm³/mol. The first-order valence-electron chi connectivity index (χ1n) is 8.53. The number of hydrogen-bond donors (Lipinski definition) is 5. The molecule has 0 saturated carbocycles. The SMILES string of the molecule is N=Cc1cc(Nc2nc(-c3cccc(NC(=S)c4c[nH]cn4)c3)no2)ccc1N. The maximum Gasteiger partial charge on any atom is 0.326 e. The Labute approximate surface area is 170 Å². The lowest BCUT2D eigenvalue weighted by Gasteiger charge is -2.06. The number of rotatable bonds is 6. The zero-order chi connectivity index (χ0) is 20.2. The van der Waals surface area contributed by atoms with Crippen LogP contribution >= 0.6 is 12.2 Å². The average Bonchev–Trinajstić information content (AvgIpc) is 3.42. The van der Waals surface area contributed by atoms with Gasteiger partial charge in [-0.15, -0.1) is 0 Å².